The molecule has 7 nitrogen and oxygen atoms in total. The molecule has 1 aliphatic heterocycles. The maximum Gasteiger partial charge on any atom is 0.277 e. The molecule has 3 rings (SSSR count). The largest absolute Gasteiger partial charge is 0.497 e. The number of thioether (sulfide) groups is 1. The molecule has 0 unspecified atom stereocenters. The van der Waals surface area contributed by atoms with Gasteiger partial charge in [-0.15, -0.1) is 10.2 Å². The van der Waals surface area contributed by atoms with Gasteiger partial charge < -0.3 is 14.1 Å². The van der Waals surface area contributed by atoms with Crippen molar-refractivity contribution in [3.05, 3.63) is 24.3 Å². The zero-order chi connectivity index (χ0) is 17.1. The number of hydrogen-bond acceptors (Lipinski definition) is 7. The van der Waals surface area contributed by atoms with Crippen LogP contribution >= 0.6 is 11.8 Å². The van der Waals surface area contributed by atoms with Crippen LogP contribution in [0.4, 0.5) is 0 Å². The van der Waals surface area contributed by atoms with Gasteiger partial charge in [-0.1, -0.05) is 11.8 Å². The second kappa shape index (κ2) is 7.04. The van der Waals surface area contributed by atoms with E-state index in [2.05, 4.69) is 10.2 Å². The van der Waals surface area contributed by atoms with Crippen molar-refractivity contribution in [2.24, 2.45) is 5.92 Å². The molecule has 2 heterocycles. The lowest BCUT2D eigenvalue weighted by atomic mass is 9.96. The smallest absolute Gasteiger partial charge is 0.277 e. The Morgan fingerprint density at radius 2 is 2.00 bits per heavy atom. The van der Waals surface area contributed by atoms with Crippen molar-refractivity contribution in [1.82, 2.24) is 15.1 Å². The number of amides is 1. The standard InChI is InChI=1S/C16H17N3O4S/c1-10(20)12-7-19(8-12)14(21)9-24-16-18-17-15(23-16)11-3-5-13(22-2)6-4-11/h3-6,12H,7-9H2,1-2H3. The Morgan fingerprint density at radius 3 is 2.62 bits per heavy atom. The lowest BCUT2D eigenvalue weighted by Crippen LogP contribution is -2.53. The number of Topliss-reactive ketones (excluding diaryl/α,β-unsaturated/α-hetero) is 1. The summed E-state index contributed by atoms with van der Waals surface area (Å²) in [4.78, 5) is 24.8. The van der Waals surface area contributed by atoms with Crippen molar-refractivity contribution in [3.8, 4) is 17.2 Å². The monoisotopic (exact) mass is 347 g/mol. The number of ketones is 1. The molecule has 0 saturated carbocycles. The first-order chi connectivity index (χ1) is 11.6. The molecule has 126 valence electrons. The minimum atomic E-state index is -0.0262. The van der Waals surface area contributed by atoms with Crippen molar-refractivity contribution in [2.75, 3.05) is 26.0 Å². The highest BCUT2D eigenvalue weighted by molar-refractivity contribution is 7.99. The molecule has 0 atom stereocenters. The van der Waals surface area contributed by atoms with Gasteiger partial charge in [0, 0.05) is 18.7 Å². The number of hydrogen-bond donors (Lipinski definition) is 0. The van der Waals surface area contributed by atoms with Crippen molar-refractivity contribution in [3.63, 3.8) is 0 Å². The van der Waals surface area contributed by atoms with E-state index < -0.39 is 0 Å². The Kier molecular flexibility index (Phi) is 4.84. The summed E-state index contributed by atoms with van der Waals surface area (Å²) < 4.78 is 10.7. The van der Waals surface area contributed by atoms with Gasteiger partial charge in [0.2, 0.25) is 11.8 Å². The minimum absolute atomic E-state index is 0.0102. The summed E-state index contributed by atoms with van der Waals surface area (Å²) in [6.45, 7) is 2.58. The Hall–Kier alpha value is -2.35. The van der Waals surface area contributed by atoms with E-state index in [1.807, 2.05) is 24.3 Å². The van der Waals surface area contributed by atoms with Crippen LogP contribution in [0.5, 0.6) is 5.75 Å². The number of nitrogens with zero attached hydrogens (tertiary/aromatic N) is 3. The maximum absolute atomic E-state index is 12.0. The number of benzene rings is 1. The van der Waals surface area contributed by atoms with E-state index in [9.17, 15) is 9.59 Å². The molecule has 24 heavy (non-hydrogen) atoms. The van der Waals surface area contributed by atoms with Gasteiger partial charge in [0.25, 0.3) is 5.22 Å². The average molecular weight is 347 g/mol. The van der Waals surface area contributed by atoms with Gasteiger partial charge in [0.1, 0.15) is 11.5 Å². The number of ether oxygens (including phenoxy) is 1. The number of methoxy groups -OCH3 is 1. The van der Waals surface area contributed by atoms with Crippen molar-refractivity contribution in [1.29, 1.82) is 0 Å². The number of carbonyl (C=O) groups is 2. The quantitative estimate of drug-likeness (QED) is 0.738. The lowest BCUT2D eigenvalue weighted by Gasteiger charge is -2.37. The summed E-state index contributed by atoms with van der Waals surface area (Å²) in [5.74, 6) is 1.46. The number of likely N-dealkylation sites (tertiary alicyclic amines) is 1. The molecule has 0 bridgehead atoms. The van der Waals surface area contributed by atoms with Gasteiger partial charge in [0.05, 0.1) is 18.8 Å². The molecule has 1 fully saturated rings. The summed E-state index contributed by atoms with van der Waals surface area (Å²) in [6.07, 6.45) is 0. The van der Waals surface area contributed by atoms with Gasteiger partial charge >= 0.3 is 0 Å². The summed E-state index contributed by atoms with van der Waals surface area (Å²) in [6, 6.07) is 7.28. The van der Waals surface area contributed by atoms with E-state index in [4.69, 9.17) is 9.15 Å². The molecular weight excluding hydrogens is 330 g/mol. The number of aromatic nitrogens is 2. The maximum atomic E-state index is 12.0. The van der Waals surface area contributed by atoms with Crippen LogP contribution in [0.3, 0.4) is 0 Å². The van der Waals surface area contributed by atoms with Crippen LogP contribution < -0.4 is 4.74 Å². The second-order valence-electron chi connectivity index (χ2n) is 5.50. The summed E-state index contributed by atoms with van der Waals surface area (Å²) in [7, 11) is 1.60. The van der Waals surface area contributed by atoms with E-state index >= 15 is 0 Å². The van der Waals surface area contributed by atoms with Crippen LogP contribution in [0.15, 0.2) is 33.9 Å². The molecule has 0 spiro atoms. The van der Waals surface area contributed by atoms with E-state index in [1.165, 1.54) is 11.8 Å². The molecule has 1 aromatic heterocycles. The Labute approximate surface area is 143 Å². The van der Waals surface area contributed by atoms with Crippen LogP contribution in [-0.2, 0) is 9.59 Å². The summed E-state index contributed by atoms with van der Waals surface area (Å²) in [5, 5.41) is 8.28. The van der Waals surface area contributed by atoms with Gasteiger partial charge in [-0.05, 0) is 31.2 Å². The van der Waals surface area contributed by atoms with Crippen molar-refractivity contribution >= 4 is 23.5 Å². The Morgan fingerprint density at radius 1 is 1.29 bits per heavy atom. The Bertz CT molecular complexity index is 738. The molecule has 1 amide bonds. The molecule has 2 aromatic rings. The fourth-order valence-electron chi connectivity index (χ4n) is 2.27. The first-order valence-corrected chi connectivity index (χ1v) is 8.44. The SMILES string of the molecule is COc1ccc(-c2nnc(SCC(=O)N3CC(C(C)=O)C3)o2)cc1. The van der Waals surface area contributed by atoms with Crippen LogP contribution in [0, 0.1) is 5.92 Å². The van der Waals surface area contributed by atoms with Crippen LogP contribution in [0.25, 0.3) is 11.5 Å². The van der Waals surface area contributed by atoms with E-state index in [0.717, 1.165) is 11.3 Å². The second-order valence-corrected chi connectivity index (χ2v) is 6.42. The van der Waals surface area contributed by atoms with E-state index in [-0.39, 0.29) is 23.4 Å². The van der Waals surface area contributed by atoms with Gasteiger partial charge in [-0.2, -0.15) is 0 Å². The zero-order valence-corrected chi connectivity index (χ0v) is 14.2. The molecule has 1 aromatic carbocycles. The summed E-state index contributed by atoms with van der Waals surface area (Å²) in [5.41, 5.74) is 0.786. The first-order valence-electron chi connectivity index (χ1n) is 7.46. The molecule has 0 N–H and O–H groups in total. The zero-order valence-electron chi connectivity index (χ0n) is 13.4. The third-order valence-electron chi connectivity index (χ3n) is 3.87. The molecule has 0 aliphatic carbocycles. The average Bonchev–Trinajstić information content (AvgIpc) is 3.00. The van der Waals surface area contributed by atoms with E-state index in [0.29, 0.717) is 24.2 Å². The fraction of sp³-hybridized carbons (Fsp3) is 0.375. The van der Waals surface area contributed by atoms with Gasteiger partial charge in [-0.3, -0.25) is 9.59 Å². The topological polar surface area (TPSA) is 85.5 Å². The fourth-order valence-corrected chi connectivity index (χ4v) is 2.94. The van der Waals surface area contributed by atoms with Crippen molar-refractivity contribution < 1.29 is 18.7 Å². The van der Waals surface area contributed by atoms with Gasteiger partial charge in [0.15, 0.2) is 0 Å². The third-order valence-corrected chi connectivity index (χ3v) is 4.67. The first kappa shape index (κ1) is 16.5. The van der Waals surface area contributed by atoms with Gasteiger partial charge in [-0.25, -0.2) is 0 Å². The normalized spacial score (nSPS) is 14.3. The predicted molar refractivity (Wildman–Crippen MR) is 87.8 cm³/mol. The minimum Gasteiger partial charge on any atom is -0.497 e. The highest BCUT2D eigenvalue weighted by atomic mass is 32.2. The highest BCUT2D eigenvalue weighted by Gasteiger charge is 2.33. The highest BCUT2D eigenvalue weighted by Crippen LogP contribution is 2.26. The van der Waals surface area contributed by atoms with Crippen molar-refractivity contribution in [2.45, 2.75) is 12.1 Å². The molecule has 1 aliphatic rings. The third kappa shape index (κ3) is 3.59. The number of rotatable bonds is 6. The number of carbonyl (C=O) groups excluding carboxylic acids is 2. The summed E-state index contributed by atoms with van der Waals surface area (Å²) >= 11 is 1.20. The Balaban J connectivity index is 1.52. The molecule has 0 radical (unpaired) electrons. The molecule has 1 saturated heterocycles. The van der Waals surface area contributed by atoms with Crippen LogP contribution in [0.1, 0.15) is 6.92 Å². The van der Waals surface area contributed by atoms with Crippen LogP contribution in [0.2, 0.25) is 0 Å². The van der Waals surface area contributed by atoms with Crippen LogP contribution in [-0.4, -0.2) is 52.7 Å². The molecular formula is C16H17N3O4S. The lowest BCUT2D eigenvalue weighted by molar-refractivity contribution is -0.139. The predicted octanol–water partition coefficient (Wildman–Crippen LogP) is 1.88. The molecule has 8 heteroatoms. The van der Waals surface area contributed by atoms with E-state index in [1.54, 1.807) is 18.9 Å².